The predicted molar refractivity (Wildman–Crippen MR) is 154 cm³/mol. The van der Waals surface area contributed by atoms with Gasteiger partial charge in [-0.15, -0.1) is 0 Å². The fourth-order valence-electron chi connectivity index (χ4n) is 5.24. The highest BCUT2D eigenvalue weighted by molar-refractivity contribution is 6.03. The van der Waals surface area contributed by atoms with E-state index in [0.717, 1.165) is 22.6 Å². The van der Waals surface area contributed by atoms with Gasteiger partial charge in [0.15, 0.2) is 6.23 Å². The Kier molecular flexibility index (Phi) is 9.78. The van der Waals surface area contributed by atoms with Gasteiger partial charge in [0, 0.05) is 0 Å². The summed E-state index contributed by atoms with van der Waals surface area (Å²) in [6, 6.07) is 18.9. The van der Waals surface area contributed by atoms with Crippen molar-refractivity contribution in [3.05, 3.63) is 101 Å². The van der Waals surface area contributed by atoms with E-state index in [1.807, 2.05) is 51.1 Å². The number of esters is 1. The van der Waals surface area contributed by atoms with E-state index in [4.69, 9.17) is 9.47 Å². The summed E-state index contributed by atoms with van der Waals surface area (Å²) in [5, 5.41) is 2.82. The Labute approximate surface area is 249 Å². The Bertz CT molecular complexity index is 1410. The number of amides is 3. The van der Waals surface area contributed by atoms with Crippen LogP contribution < -0.4 is 10.1 Å². The van der Waals surface area contributed by atoms with Gasteiger partial charge in [0.2, 0.25) is 5.91 Å². The van der Waals surface area contributed by atoms with Gasteiger partial charge in [-0.2, -0.15) is 13.2 Å². The molecule has 0 aromatic heterocycles. The topological polar surface area (TPSA) is 84.9 Å². The van der Waals surface area contributed by atoms with Crippen LogP contribution in [0.2, 0.25) is 0 Å². The van der Waals surface area contributed by atoms with Crippen molar-refractivity contribution in [3.63, 3.8) is 0 Å². The standard InChI is InChI=1S/C33H35F3N2O5/c1-4-10-27(23-13-17-25(18-14-23)33(34,35)36)37-31(41)38-29(40)32(5-2,6-3)30(38)43-26-19-15-24(16-20-26)28(39)42-21-22-11-8-7-9-12-22/h7-9,11-20,27,30H,4-6,10,21H2,1-3H3,(H,37,41)/t27-,30+/m1/s1. The van der Waals surface area contributed by atoms with Gasteiger partial charge >= 0.3 is 18.2 Å². The van der Waals surface area contributed by atoms with Gasteiger partial charge in [-0.3, -0.25) is 4.79 Å². The van der Waals surface area contributed by atoms with Gasteiger partial charge in [0.05, 0.1) is 17.2 Å². The zero-order valence-electron chi connectivity index (χ0n) is 24.3. The molecule has 3 aromatic rings. The zero-order valence-corrected chi connectivity index (χ0v) is 24.3. The summed E-state index contributed by atoms with van der Waals surface area (Å²) in [5.74, 6) is -0.533. The second-order valence-electron chi connectivity index (χ2n) is 10.5. The summed E-state index contributed by atoms with van der Waals surface area (Å²) in [6.45, 7) is 5.72. The number of hydrogen-bond acceptors (Lipinski definition) is 5. The molecular weight excluding hydrogens is 561 g/mol. The molecule has 1 N–H and O–H groups in total. The number of alkyl halides is 3. The number of rotatable bonds is 11. The number of urea groups is 1. The van der Waals surface area contributed by atoms with Crippen molar-refractivity contribution >= 4 is 17.9 Å². The van der Waals surface area contributed by atoms with Crippen LogP contribution in [0.4, 0.5) is 18.0 Å². The minimum atomic E-state index is -4.47. The van der Waals surface area contributed by atoms with E-state index >= 15 is 0 Å². The largest absolute Gasteiger partial charge is 0.469 e. The summed E-state index contributed by atoms with van der Waals surface area (Å²) in [7, 11) is 0. The maximum Gasteiger partial charge on any atom is 0.416 e. The van der Waals surface area contributed by atoms with Crippen LogP contribution in [0.3, 0.4) is 0 Å². The number of nitrogens with zero attached hydrogens (tertiary/aromatic N) is 1. The highest BCUT2D eigenvalue weighted by atomic mass is 19.4. The second-order valence-corrected chi connectivity index (χ2v) is 10.5. The third-order valence-electron chi connectivity index (χ3n) is 7.90. The zero-order chi connectivity index (χ0) is 31.2. The number of halogens is 3. The molecule has 0 saturated carbocycles. The average Bonchev–Trinajstić information content (AvgIpc) is 3.00. The third-order valence-corrected chi connectivity index (χ3v) is 7.90. The number of ether oxygens (including phenoxy) is 2. The second kappa shape index (κ2) is 13.3. The summed E-state index contributed by atoms with van der Waals surface area (Å²) >= 11 is 0. The van der Waals surface area contributed by atoms with Gasteiger partial charge in [-0.05, 0) is 66.8 Å². The van der Waals surface area contributed by atoms with Gasteiger partial charge in [0.1, 0.15) is 17.8 Å². The average molecular weight is 597 g/mol. The Hall–Kier alpha value is -4.34. The van der Waals surface area contributed by atoms with Gasteiger partial charge in [-0.25, -0.2) is 14.5 Å². The molecule has 0 radical (unpaired) electrons. The lowest BCUT2D eigenvalue weighted by molar-refractivity contribution is -0.191. The maximum atomic E-state index is 13.4. The van der Waals surface area contributed by atoms with Crippen molar-refractivity contribution in [1.82, 2.24) is 10.2 Å². The first kappa shape index (κ1) is 31.6. The van der Waals surface area contributed by atoms with Crippen LogP contribution in [-0.2, 0) is 22.3 Å². The molecule has 1 saturated heterocycles. The number of hydrogen-bond donors (Lipinski definition) is 1. The lowest BCUT2D eigenvalue weighted by Crippen LogP contribution is -2.73. The highest BCUT2D eigenvalue weighted by Crippen LogP contribution is 2.46. The molecule has 228 valence electrons. The number of carbonyl (C=O) groups is 3. The molecule has 0 bridgehead atoms. The monoisotopic (exact) mass is 596 g/mol. The molecular formula is C33H35F3N2O5. The maximum absolute atomic E-state index is 13.4. The van der Waals surface area contributed by atoms with Crippen molar-refractivity contribution in [3.8, 4) is 5.75 Å². The predicted octanol–water partition coefficient (Wildman–Crippen LogP) is 7.67. The van der Waals surface area contributed by atoms with E-state index in [1.165, 1.54) is 12.1 Å². The van der Waals surface area contributed by atoms with Crippen molar-refractivity contribution in [1.29, 1.82) is 0 Å². The first-order valence-corrected chi connectivity index (χ1v) is 14.3. The van der Waals surface area contributed by atoms with Gasteiger partial charge < -0.3 is 14.8 Å². The number of carbonyl (C=O) groups excluding carboxylic acids is 3. The fourth-order valence-corrected chi connectivity index (χ4v) is 5.24. The Morgan fingerprint density at radius 2 is 1.56 bits per heavy atom. The van der Waals surface area contributed by atoms with Crippen LogP contribution in [0.5, 0.6) is 5.75 Å². The molecule has 2 atom stereocenters. The molecule has 3 amide bonds. The van der Waals surface area contributed by atoms with E-state index < -0.39 is 41.4 Å². The molecule has 0 spiro atoms. The molecule has 4 rings (SSSR count). The van der Waals surface area contributed by atoms with E-state index in [0.29, 0.717) is 42.6 Å². The fraction of sp³-hybridized carbons (Fsp3) is 0.364. The minimum absolute atomic E-state index is 0.132. The van der Waals surface area contributed by atoms with Crippen LogP contribution >= 0.6 is 0 Å². The normalized spacial score (nSPS) is 16.7. The first-order chi connectivity index (χ1) is 20.5. The van der Waals surface area contributed by atoms with Crippen LogP contribution in [0.25, 0.3) is 0 Å². The molecule has 1 aliphatic heterocycles. The quantitative estimate of drug-likeness (QED) is 0.181. The van der Waals surface area contributed by atoms with E-state index in [-0.39, 0.29) is 12.5 Å². The number of β-lactam (4-membered cyclic amide) rings is 1. The highest BCUT2D eigenvalue weighted by Gasteiger charge is 2.63. The van der Waals surface area contributed by atoms with Crippen molar-refractivity contribution in [2.45, 2.75) is 71.5 Å². The summed E-state index contributed by atoms with van der Waals surface area (Å²) in [5.41, 5.74) is -0.0345. The smallest absolute Gasteiger partial charge is 0.416 e. The molecule has 43 heavy (non-hydrogen) atoms. The van der Waals surface area contributed by atoms with Crippen LogP contribution in [0, 0.1) is 5.41 Å². The molecule has 1 fully saturated rings. The molecule has 1 aliphatic rings. The molecule has 10 heteroatoms. The summed E-state index contributed by atoms with van der Waals surface area (Å²) < 4.78 is 50.7. The number of imide groups is 1. The number of nitrogens with one attached hydrogen (secondary N) is 1. The summed E-state index contributed by atoms with van der Waals surface area (Å²) in [4.78, 5) is 40.3. The third kappa shape index (κ3) is 6.84. The molecule has 0 unspecified atom stereocenters. The molecule has 1 heterocycles. The molecule has 3 aromatic carbocycles. The van der Waals surface area contributed by atoms with E-state index in [9.17, 15) is 27.6 Å². The van der Waals surface area contributed by atoms with E-state index in [1.54, 1.807) is 24.3 Å². The lowest BCUT2D eigenvalue weighted by atomic mass is 9.72. The number of benzene rings is 3. The van der Waals surface area contributed by atoms with Gasteiger partial charge in [-0.1, -0.05) is 69.7 Å². The minimum Gasteiger partial charge on any atom is -0.469 e. The van der Waals surface area contributed by atoms with E-state index in [2.05, 4.69) is 5.32 Å². The Balaban J connectivity index is 1.47. The van der Waals surface area contributed by atoms with Crippen LogP contribution in [0.15, 0.2) is 78.9 Å². The summed E-state index contributed by atoms with van der Waals surface area (Å²) in [6.07, 6.45) is -3.43. The van der Waals surface area contributed by atoms with Crippen molar-refractivity contribution < 1.29 is 37.0 Å². The Morgan fingerprint density at radius 3 is 2.12 bits per heavy atom. The molecule has 0 aliphatic carbocycles. The SMILES string of the molecule is CCC[C@@H](NC(=O)N1C(=O)C(CC)(CC)[C@@H]1Oc1ccc(C(=O)OCc2ccccc2)cc1)c1ccc(C(F)(F)F)cc1. The molecule has 7 nitrogen and oxygen atoms in total. The lowest BCUT2D eigenvalue weighted by Gasteiger charge is -2.53. The van der Waals surface area contributed by atoms with Crippen LogP contribution in [-0.4, -0.2) is 29.0 Å². The van der Waals surface area contributed by atoms with Gasteiger partial charge in [0.25, 0.3) is 0 Å². The van der Waals surface area contributed by atoms with Crippen LogP contribution in [0.1, 0.15) is 79.5 Å². The first-order valence-electron chi connectivity index (χ1n) is 14.3. The Morgan fingerprint density at radius 1 is 0.930 bits per heavy atom. The number of likely N-dealkylation sites (tertiary alicyclic amines) is 1. The van der Waals surface area contributed by atoms with Crippen molar-refractivity contribution in [2.24, 2.45) is 5.41 Å². The van der Waals surface area contributed by atoms with Crippen molar-refractivity contribution in [2.75, 3.05) is 0 Å².